The summed E-state index contributed by atoms with van der Waals surface area (Å²) in [6, 6.07) is 13.3. The van der Waals surface area contributed by atoms with Crippen LogP contribution in [0, 0.1) is 10.4 Å². The normalized spacial score (nSPS) is 13.8. The lowest BCUT2D eigenvalue weighted by Crippen LogP contribution is -2.14. The molecule has 2 aliphatic heterocycles. The molecule has 0 spiro atoms. The third-order valence-corrected chi connectivity index (χ3v) is 5.29. The molecule has 3 aromatic rings. The highest BCUT2D eigenvalue weighted by Gasteiger charge is 2.14. The SMILES string of the molecule is [O-]N([O-])c1cc(N(O)O)c(C=Cc2ccc3c(c2)OCO3)cc1C=Cc1ccc2c(c1)OCO2. The van der Waals surface area contributed by atoms with E-state index in [9.17, 15) is 20.8 Å². The predicted octanol–water partition coefficient (Wildman–Crippen LogP) is 4.87. The van der Waals surface area contributed by atoms with E-state index >= 15 is 0 Å². The molecule has 0 radical (unpaired) electrons. The molecule has 0 fully saturated rings. The second-order valence-corrected chi connectivity index (χ2v) is 7.41. The molecule has 2 heterocycles. The Bertz CT molecular complexity index is 1190. The first-order valence-electron chi connectivity index (χ1n) is 10.1. The van der Waals surface area contributed by atoms with Gasteiger partial charge in [0.25, 0.3) is 0 Å². The van der Waals surface area contributed by atoms with Crippen LogP contribution in [0.4, 0.5) is 11.4 Å². The minimum atomic E-state index is -0.586. The summed E-state index contributed by atoms with van der Waals surface area (Å²) in [5.74, 6) is 2.47. The molecule has 2 aliphatic rings. The van der Waals surface area contributed by atoms with Gasteiger partial charge in [0, 0.05) is 11.3 Å². The van der Waals surface area contributed by atoms with Crippen LogP contribution in [0.3, 0.4) is 0 Å². The summed E-state index contributed by atoms with van der Waals surface area (Å²) in [5, 5.41) is 42.0. The van der Waals surface area contributed by atoms with Gasteiger partial charge in [-0.05, 0) is 53.1 Å². The van der Waals surface area contributed by atoms with E-state index in [1.165, 1.54) is 6.07 Å². The standard InChI is InChI=1S/C24H18N2O8/c27-25(28)19-12-20(26(29)30)18(6-2-16-4-8-22-24(10-16)34-14-32-22)11-17(19)5-1-15-3-7-21-23(9-15)33-13-31-21/h1-12,27-28H,13-14H2/q-2. The zero-order chi connectivity index (χ0) is 23.7. The highest BCUT2D eigenvalue weighted by atomic mass is 16.8. The topological polar surface area (TPSA) is 130 Å². The molecule has 0 saturated carbocycles. The van der Waals surface area contributed by atoms with Gasteiger partial charge in [0.2, 0.25) is 13.6 Å². The molecule has 0 bridgehead atoms. The van der Waals surface area contributed by atoms with Crippen molar-refractivity contribution >= 4 is 35.7 Å². The smallest absolute Gasteiger partial charge is 0.231 e. The molecular formula is C24H18N2O8-2. The second-order valence-electron chi connectivity index (χ2n) is 7.41. The van der Waals surface area contributed by atoms with Gasteiger partial charge in [0.05, 0.1) is 0 Å². The molecule has 3 aromatic carbocycles. The molecule has 0 unspecified atom stereocenters. The van der Waals surface area contributed by atoms with Crippen molar-refractivity contribution in [1.29, 1.82) is 0 Å². The first kappa shape index (κ1) is 21.6. The van der Waals surface area contributed by atoms with E-state index in [-0.39, 0.29) is 35.8 Å². The van der Waals surface area contributed by atoms with E-state index in [2.05, 4.69) is 0 Å². The summed E-state index contributed by atoms with van der Waals surface area (Å²) < 4.78 is 21.3. The van der Waals surface area contributed by atoms with Crippen LogP contribution in [-0.4, -0.2) is 24.0 Å². The number of nitrogens with zero attached hydrogens (tertiary/aromatic N) is 2. The molecule has 34 heavy (non-hydrogen) atoms. The largest absolute Gasteiger partial charge is 0.769 e. The minimum absolute atomic E-state index is 0.141. The van der Waals surface area contributed by atoms with Crippen molar-refractivity contribution in [2.24, 2.45) is 0 Å². The number of hydrogen-bond donors (Lipinski definition) is 2. The summed E-state index contributed by atoms with van der Waals surface area (Å²) in [6.07, 6.45) is 6.62. The maximum atomic E-state index is 11.7. The number of benzene rings is 3. The van der Waals surface area contributed by atoms with Crippen LogP contribution in [-0.2, 0) is 0 Å². The molecule has 0 amide bonds. The van der Waals surface area contributed by atoms with E-state index in [0.29, 0.717) is 28.6 Å². The zero-order valence-corrected chi connectivity index (χ0v) is 17.6. The van der Waals surface area contributed by atoms with E-state index in [0.717, 1.165) is 17.2 Å². The van der Waals surface area contributed by atoms with Gasteiger partial charge in [-0.1, -0.05) is 36.4 Å². The Morgan fingerprint density at radius 1 is 0.618 bits per heavy atom. The highest BCUT2D eigenvalue weighted by molar-refractivity contribution is 5.86. The Morgan fingerprint density at radius 2 is 1.12 bits per heavy atom. The summed E-state index contributed by atoms with van der Waals surface area (Å²) >= 11 is 0. The van der Waals surface area contributed by atoms with Gasteiger partial charge in [-0.2, -0.15) is 0 Å². The van der Waals surface area contributed by atoms with Crippen LogP contribution in [0.1, 0.15) is 22.3 Å². The van der Waals surface area contributed by atoms with E-state index in [1.807, 2.05) is 6.07 Å². The first-order chi connectivity index (χ1) is 16.5. The van der Waals surface area contributed by atoms with E-state index in [1.54, 1.807) is 54.6 Å². The van der Waals surface area contributed by atoms with Gasteiger partial charge in [0.1, 0.15) is 5.69 Å². The fourth-order valence-electron chi connectivity index (χ4n) is 3.62. The molecule has 0 saturated heterocycles. The average Bonchev–Trinajstić information content (AvgIpc) is 3.49. The van der Waals surface area contributed by atoms with Crippen molar-refractivity contribution in [3.63, 3.8) is 0 Å². The lowest BCUT2D eigenvalue weighted by molar-refractivity contribution is 0.0291. The van der Waals surface area contributed by atoms with Gasteiger partial charge < -0.3 is 34.6 Å². The summed E-state index contributed by atoms with van der Waals surface area (Å²) in [4.78, 5) is 0. The highest BCUT2D eigenvalue weighted by Crippen LogP contribution is 2.36. The Morgan fingerprint density at radius 3 is 1.62 bits per heavy atom. The number of anilines is 2. The van der Waals surface area contributed by atoms with Gasteiger partial charge >= 0.3 is 0 Å². The van der Waals surface area contributed by atoms with E-state index < -0.39 is 5.23 Å². The van der Waals surface area contributed by atoms with Crippen molar-refractivity contribution in [1.82, 2.24) is 0 Å². The molecular weight excluding hydrogens is 444 g/mol. The van der Waals surface area contributed by atoms with E-state index in [4.69, 9.17) is 18.9 Å². The Hall–Kier alpha value is -4.22. The van der Waals surface area contributed by atoms with Crippen molar-refractivity contribution in [2.75, 3.05) is 24.0 Å². The Kier molecular flexibility index (Phi) is 5.70. The van der Waals surface area contributed by atoms with Gasteiger partial charge in [-0.3, -0.25) is 10.4 Å². The Labute approximate surface area is 193 Å². The zero-order valence-electron chi connectivity index (χ0n) is 17.6. The predicted molar refractivity (Wildman–Crippen MR) is 125 cm³/mol. The first-order valence-corrected chi connectivity index (χ1v) is 10.1. The summed E-state index contributed by atoms with van der Waals surface area (Å²) in [5.41, 5.74) is 1.71. The van der Waals surface area contributed by atoms with Crippen molar-refractivity contribution < 1.29 is 29.4 Å². The maximum absolute atomic E-state index is 11.7. The van der Waals surface area contributed by atoms with Crippen molar-refractivity contribution in [3.05, 3.63) is 81.2 Å². The lowest BCUT2D eigenvalue weighted by atomic mass is 10.0. The summed E-state index contributed by atoms with van der Waals surface area (Å²) in [6.45, 7) is 0.297. The van der Waals surface area contributed by atoms with Gasteiger partial charge in [-0.25, -0.2) is 0 Å². The van der Waals surface area contributed by atoms with Crippen LogP contribution < -0.4 is 29.4 Å². The minimum Gasteiger partial charge on any atom is -0.769 e. The number of ether oxygens (including phenoxy) is 4. The molecule has 2 N–H and O–H groups in total. The van der Waals surface area contributed by atoms with Gasteiger partial charge in [-0.15, -0.1) is 5.23 Å². The molecule has 10 nitrogen and oxygen atoms in total. The van der Waals surface area contributed by atoms with Crippen molar-refractivity contribution in [2.45, 2.75) is 0 Å². The number of rotatable bonds is 6. The number of hydrogen-bond acceptors (Lipinski definition) is 10. The molecule has 174 valence electrons. The van der Waals surface area contributed by atoms with Crippen molar-refractivity contribution in [3.8, 4) is 23.0 Å². The summed E-state index contributed by atoms with van der Waals surface area (Å²) in [7, 11) is 0. The quantitative estimate of drug-likeness (QED) is 0.386. The third-order valence-electron chi connectivity index (χ3n) is 5.29. The molecule has 5 rings (SSSR count). The Balaban J connectivity index is 1.50. The fraction of sp³-hybridized carbons (Fsp3) is 0.0833. The fourth-order valence-corrected chi connectivity index (χ4v) is 3.62. The average molecular weight is 462 g/mol. The molecule has 0 aromatic heterocycles. The molecule has 0 aliphatic carbocycles. The third kappa shape index (κ3) is 4.34. The number of fused-ring (bicyclic) bond motifs is 2. The molecule has 10 heteroatoms. The maximum Gasteiger partial charge on any atom is 0.231 e. The second kappa shape index (κ2) is 8.96. The van der Waals surface area contributed by atoms with Crippen LogP contribution in [0.5, 0.6) is 23.0 Å². The van der Waals surface area contributed by atoms with Gasteiger partial charge in [0.15, 0.2) is 23.0 Å². The van der Waals surface area contributed by atoms with Crippen LogP contribution >= 0.6 is 0 Å². The monoisotopic (exact) mass is 462 g/mol. The lowest BCUT2D eigenvalue weighted by Gasteiger charge is -2.39. The van der Waals surface area contributed by atoms with Crippen LogP contribution in [0.15, 0.2) is 48.5 Å². The molecule has 0 atom stereocenters. The van der Waals surface area contributed by atoms with Crippen LogP contribution in [0.25, 0.3) is 24.3 Å². The van der Waals surface area contributed by atoms with Crippen LogP contribution in [0.2, 0.25) is 0 Å².